The normalized spacial score (nSPS) is 22.0. The highest BCUT2D eigenvalue weighted by Gasteiger charge is 2.30. The summed E-state index contributed by atoms with van der Waals surface area (Å²) in [6.45, 7) is 2.31. The molecule has 2 aliphatic rings. The van der Waals surface area contributed by atoms with Crippen molar-refractivity contribution in [1.29, 1.82) is 0 Å². The van der Waals surface area contributed by atoms with Crippen LogP contribution >= 0.6 is 0 Å². The lowest BCUT2D eigenvalue weighted by Crippen LogP contribution is -2.40. The zero-order valence-electron chi connectivity index (χ0n) is 15.9. The van der Waals surface area contributed by atoms with E-state index < -0.39 is 0 Å². The highest BCUT2D eigenvalue weighted by molar-refractivity contribution is 5.80. The Bertz CT molecular complexity index is 960. The van der Waals surface area contributed by atoms with Crippen molar-refractivity contribution < 1.29 is 4.74 Å². The van der Waals surface area contributed by atoms with E-state index in [9.17, 15) is 0 Å². The van der Waals surface area contributed by atoms with Crippen molar-refractivity contribution >= 4 is 16.7 Å². The number of benzene rings is 1. The van der Waals surface area contributed by atoms with Crippen LogP contribution in [0.3, 0.4) is 0 Å². The van der Waals surface area contributed by atoms with Gasteiger partial charge in [0.2, 0.25) is 0 Å². The van der Waals surface area contributed by atoms with Crippen LogP contribution in [0.5, 0.6) is 0 Å². The van der Waals surface area contributed by atoms with E-state index in [0.717, 1.165) is 60.1 Å². The van der Waals surface area contributed by atoms with Crippen molar-refractivity contribution in [3.05, 3.63) is 36.8 Å². The van der Waals surface area contributed by atoms with E-state index in [1.165, 1.54) is 19.3 Å². The molecule has 2 aromatic heterocycles. The first kappa shape index (κ1) is 17.6. The van der Waals surface area contributed by atoms with E-state index in [4.69, 9.17) is 15.5 Å². The number of rotatable bonds is 7. The number of hydrogen-bond acceptors (Lipinski definition) is 6. The third kappa shape index (κ3) is 3.47. The molecular formula is C21H26N6O. The largest absolute Gasteiger partial charge is 0.378 e. The molecule has 28 heavy (non-hydrogen) atoms. The minimum absolute atomic E-state index is 0.392. The Hall–Kier alpha value is -2.51. The van der Waals surface area contributed by atoms with Crippen LogP contribution < -0.4 is 11.1 Å². The number of nitrogens with zero attached hydrogens (tertiary/aromatic N) is 4. The van der Waals surface area contributed by atoms with Gasteiger partial charge in [-0.15, -0.1) is 0 Å². The van der Waals surface area contributed by atoms with E-state index in [1.807, 2.05) is 24.5 Å². The summed E-state index contributed by atoms with van der Waals surface area (Å²) in [5.41, 5.74) is 10.3. The fourth-order valence-electron chi connectivity index (χ4n) is 4.02. The summed E-state index contributed by atoms with van der Waals surface area (Å²) >= 11 is 0. The summed E-state index contributed by atoms with van der Waals surface area (Å²) in [6, 6.07) is 7.01. The van der Waals surface area contributed by atoms with Crippen molar-refractivity contribution in [2.45, 2.75) is 37.8 Å². The molecule has 3 aromatic rings. The van der Waals surface area contributed by atoms with Crippen molar-refractivity contribution in [3.8, 4) is 11.3 Å². The van der Waals surface area contributed by atoms with E-state index in [2.05, 4.69) is 32.3 Å². The molecule has 0 unspecified atom stereocenters. The monoisotopic (exact) mass is 378 g/mol. The van der Waals surface area contributed by atoms with Crippen LogP contribution in [0.1, 0.15) is 31.7 Å². The first-order valence-corrected chi connectivity index (χ1v) is 10.1. The maximum atomic E-state index is 5.61. The Balaban J connectivity index is 1.31. The molecule has 7 heteroatoms. The van der Waals surface area contributed by atoms with Gasteiger partial charge in [0.25, 0.3) is 0 Å². The first-order chi connectivity index (χ1) is 13.8. The maximum absolute atomic E-state index is 5.61. The zero-order valence-corrected chi connectivity index (χ0v) is 15.9. The molecule has 0 atom stereocenters. The fraction of sp³-hybridized carbons (Fsp3) is 0.476. The van der Waals surface area contributed by atoms with Gasteiger partial charge in [-0.25, -0.2) is 4.98 Å². The van der Waals surface area contributed by atoms with Crippen molar-refractivity contribution in [2.24, 2.45) is 11.7 Å². The Morgan fingerprint density at radius 2 is 2.07 bits per heavy atom. The topological polar surface area (TPSA) is 90.9 Å². The lowest BCUT2D eigenvalue weighted by atomic mass is 9.77. The molecule has 1 saturated heterocycles. The third-order valence-corrected chi connectivity index (χ3v) is 5.85. The lowest BCUT2D eigenvalue weighted by molar-refractivity contribution is 0.0211. The Labute approximate surface area is 164 Å². The highest BCUT2D eigenvalue weighted by atomic mass is 16.5. The van der Waals surface area contributed by atoms with Gasteiger partial charge >= 0.3 is 0 Å². The minimum atomic E-state index is 0.392. The van der Waals surface area contributed by atoms with Crippen LogP contribution in [0.4, 0.5) is 5.69 Å². The molecule has 2 fully saturated rings. The first-order valence-electron chi connectivity index (χ1n) is 10.1. The van der Waals surface area contributed by atoms with Crippen LogP contribution in [0.15, 0.2) is 36.8 Å². The minimum Gasteiger partial charge on any atom is -0.378 e. The van der Waals surface area contributed by atoms with Crippen LogP contribution in [0, 0.1) is 5.92 Å². The summed E-state index contributed by atoms with van der Waals surface area (Å²) in [7, 11) is 0. The molecule has 7 nitrogen and oxygen atoms in total. The smallest absolute Gasteiger partial charge is 0.0924 e. The molecule has 1 aromatic carbocycles. The van der Waals surface area contributed by atoms with Gasteiger partial charge in [-0.2, -0.15) is 5.10 Å². The highest BCUT2D eigenvalue weighted by Crippen LogP contribution is 2.40. The summed E-state index contributed by atoms with van der Waals surface area (Å²) < 4.78 is 7.32. The van der Waals surface area contributed by atoms with Gasteiger partial charge in [0.05, 0.1) is 54.4 Å². The van der Waals surface area contributed by atoms with Gasteiger partial charge in [-0.3, -0.25) is 9.67 Å². The third-order valence-electron chi connectivity index (χ3n) is 5.85. The SMILES string of the molecule is NCCC[C@H]1C[C@H](n2cc(-c3cnc4ccc(NC5COC5)cc4n3)cn2)C1. The Kier molecular flexibility index (Phi) is 4.70. The summed E-state index contributed by atoms with van der Waals surface area (Å²) in [5, 5.41) is 8.05. The molecular weight excluding hydrogens is 352 g/mol. The second-order valence-corrected chi connectivity index (χ2v) is 7.97. The van der Waals surface area contributed by atoms with E-state index >= 15 is 0 Å². The number of aromatic nitrogens is 4. The van der Waals surface area contributed by atoms with Crippen LogP contribution in [-0.4, -0.2) is 45.5 Å². The van der Waals surface area contributed by atoms with Gasteiger partial charge in [0.1, 0.15) is 0 Å². The molecule has 0 spiro atoms. The predicted molar refractivity (Wildman–Crippen MR) is 109 cm³/mol. The number of nitrogens with two attached hydrogens (primary N) is 1. The molecule has 1 aliphatic heterocycles. The van der Waals surface area contributed by atoms with Gasteiger partial charge < -0.3 is 15.8 Å². The molecule has 5 rings (SSSR count). The summed E-state index contributed by atoms with van der Waals surface area (Å²) in [5.74, 6) is 0.800. The summed E-state index contributed by atoms with van der Waals surface area (Å²) in [6.07, 6.45) is 10.6. The Morgan fingerprint density at radius 3 is 2.86 bits per heavy atom. The molecule has 0 radical (unpaired) electrons. The number of fused-ring (bicyclic) bond motifs is 1. The van der Waals surface area contributed by atoms with Crippen molar-refractivity contribution in [2.75, 3.05) is 25.1 Å². The van der Waals surface area contributed by atoms with Gasteiger partial charge in [-0.05, 0) is 56.3 Å². The predicted octanol–water partition coefficient (Wildman–Crippen LogP) is 2.99. The van der Waals surface area contributed by atoms with Gasteiger partial charge in [-0.1, -0.05) is 0 Å². The van der Waals surface area contributed by atoms with Crippen LogP contribution in [0.2, 0.25) is 0 Å². The zero-order chi connectivity index (χ0) is 18.9. The molecule has 0 bridgehead atoms. The fourth-order valence-corrected chi connectivity index (χ4v) is 4.02. The number of hydrogen-bond donors (Lipinski definition) is 2. The van der Waals surface area contributed by atoms with E-state index in [0.29, 0.717) is 12.1 Å². The Morgan fingerprint density at radius 1 is 1.18 bits per heavy atom. The molecule has 3 N–H and O–H groups in total. The standard InChI is InChI=1S/C21H26N6O/c22-5-1-2-14-6-18(7-14)27-11-15(9-24-27)21-10-23-19-4-3-16(8-20(19)26-21)25-17-12-28-13-17/h3-4,8-11,14,17-18,25H,1-2,5-7,12-13,22H2/t14-,18-. The van der Waals surface area contributed by atoms with Crippen molar-refractivity contribution in [3.63, 3.8) is 0 Å². The number of nitrogens with one attached hydrogen (secondary N) is 1. The van der Waals surface area contributed by atoms with Crippen LogP contribution in [0.25, 0.3) is 22.3 Å². The van der Waals surface area contributed by atoms with Gasteiger partial charge in [0.15, 0.2) is 0 Å². The average molecular weight is 378 g/mol. The molecule has 146 valence electrons. The second-order valence-electron chi connectivity index (χ2n) is 7.97. The number of ether oxygens (including phenoxy) is 1. The number of anilines is 1. The molecule has 1 saturated carbocycles. The summed E-state index contributed by atoms with van der Waals surface area (Å²) in [4.78, 5) is 9.41. The molecule has 3 heterocycles. The lowest BCUT2D eigenvalue weighted by Gasteiger charge is -2.35. The van der Waals surface area contributed by atoms with Crippen LogP contribution in [-0.2, 0) is 4.74 Å². The van der Waals surface area contributed by atoms with Gasteiger partial charge in [0, 0.05) is 17.4 Å². The quantitative estimate of drug-likeness (QED) is 0.657. The average Bonchev–Trinajstić information content (AvgIpc) is 3.12. The molecule has 0 amide bonds. The second kappa shape index (κ2) is 7.48. The maximum Gasteiger partial charge on any atom is 0.0924 e. The van der Waals surface area contributed by atoms with E-state index in [1.54, 1.807) is 0 Å². The van der Waals surface area contributed by atoms with Crippen molar-refractivity contribution in [1.82, 2.24) is 19.7 Å². The van der Waals surface area contributed by atoms with E-state index in [-0.39, 0.29) is 0 Å². The molecule has 1 aliphatic carbocycles.